The molecule has 15 heavy (non-hydrogen) atoms. The van der Waals surface area contributed by atoms with E-state index in [2.05, 4.69) is 5.32 Å². The van der Waals surface area contributed by atoms with Crippen molar-refractivity contribution in [1.29, 1.82) is 0 Å². The average molecular weight is 248 g/mol. The van der Waals surface area contributed by atoms with Gasteiger partial charge in [0, 0.05) is 25.0 Å². The van der Waals surface area contributed by atoms with E-state index in [9.17, 15) is 4.79 Å². The zero-order valence-corrected chi connectivity index (χ0v) is 10.2. The van der Waals surface area contributed by atoms with Crippen molar-refractivity contribution in [1.82, 2.24) is 5.32 Å². The van der Waals surface area contributed by atoms with Crippen molar-refractivity contribution >= 4 is 28.7 Å². The molecule has 0 atom stereocenters. The van der Waals surface area contributed by atoms with E-state index >= 15 is 0 Å². The van der Waals surface area contributed by atoms with Crippen LogP contribution in [0.5, 0.6) is 0 Å². The molecule has 1 N–H and O–H groups in total. The molecule has 0 aliphatic carbocycles. The van der Waals surface area contributed by atoms with Crippen molar-refractivity contribution in [3.05, 3.63) is 21.3 Å². The van der Waals surface area contributed by atoms with Crippen molar-refractivity contribution in [2.24, 2.45) is 0 Å². The smallest absolute Gasteiger partial charge is 0.151 e. The Bertz CT molecular complexity index is 314. The molecule has 0 saturated carbocycles. The highest BCUT2D eigenvalue weighted by Gasteiger charge is 2.05. The van der Waals surface area contributed by atoms with Crippen LogP contribution in [0.25, 0.3) is 0 Å². The number of carbonyl (C=O) groups excluding carboxylic acids is 1. The Balaban J connectivity index is 2.18. The molecule has 0 amide bonds. The molecular formula is C10H14ClNO2S. The minimum atomic E-state index is 0.171. The fourth-order valence-corrected chi connectivity index (χ4v) is 2.22. The number of methoxy groups -OCH3 is 1. The number of carbonyl (C=O) groups is 1. The summed E-state index contributed by atoms with van der Waals surface area (Å²) >= 11 is 7.22. The van der Waals surface area contributed by atoms with E-state index in [0.29, 0.717) is 26.1 Å². The first kappa shape index (κ1) is 12.6. The normalized spacial score (nSPS) is 10.5. The van der Waals surface area contributed by atoms with Crippen LogP contribution in [0.15, 0.2) is 12.1 Å². The van der Waals surface area contributed by atoms with Gasteiger partial charge in [0.1, 0.15) is 0 Å². The molecule has 1 aromatic rings. The molecule has 0 bridgehead atoms. The maximum absolute atomic E-state index is 11.4. The number of ketones is 1. The zero-order valence-electron chi connectivity index (χ0n) is 8.59. The molecule has 1 rings (SSSR count). The van der Waals surface area contributed by atoms with E-state index in [-0.39, 0.29) is 5.78 Å². The fraction of sp³-hybridized carbons (Fsp3) is 0.500. The Morgan fingerprint density at radius 3 is 3.00 bits per heavy atom. The van der Waals surface area contributed by atoms with Gasteiger partial charge in [0.2, 0.25) is 0 Å². The van der Waals surface area contributed by atoms with E-state index < -0.39 is 0 Å². The summed E-state index contributed by atoms with van der Waals surface area (Å²) in [6.45, 7) is 1.71. The molecule has 84 valence electrons. The first-order valence-electron chi connectivity index (χ1n) is 4.68. The molecule has 0 unspecified atom stereocenters. The molecule has 3 nitrogen and oxygen atoms in total. The highest BCUT2D eigenvalue weighted by Crippen LogP contribution is 2.21. The van der Waals surface area contributed by atoms with E-state index in [1.165, 1.54) is 11.3 Å². The quantitative estimate of drug-likeness (QED) is 0.746. The predicted molar refractivity (Wildman–Crippen MR) is 62.8 cm³/mol. The SMILES string of the molecule is COCCNCC(=O)Cc1ccc(Cl)s1. The molecule has 0 radical (unpaired) electrons. The number of hydrogen-bond donors (Lipinski definition) is 1. The van der Waals surface area contributed by atoms with E-state index in [4.69, 9.17) is 16.3 Å². The largest absolute Gasteiger partial charge is 0.383 e. The maximum Gasteiger partial charge on any atom is 0.151 e. The number of ether oxygens (including phenoxy) is 1. The average Bonchev–Trinajstić information content (AvgIpc) is 2.59. The van der Waals surface area contributed by atoms with Crippen molar-refractivity contribution in [3.8, 4) is 0 Å². The van der Waals surface area contributed by atoms with Gasteiger partial charge in [-0.2, -0.15) is 0 Å². The molecule has 0 aromatic carbocycles. The first-order chi connectivity index (χ1) is 7.22. The van der Waals surface area contributed by atoms with Gasteiger partial charge in [0.15, 0.2) is 5.78 Å². The molecule has 0 fully saturated rings. The lowest BCUT2D eigenvalue weighted by atomic mass is 10.2. The highest BCUT2D eigenvalue weighted by molar-refractivity contribution is 7.16. The monoisotopic (exact) mass is 247 g/mol. The Kier molecular flexibility index (Phi) is 5.86. The third-order valence-corrected chi connectivity index (χ3v) is 3.04. The molecular weight excluding hydrogens is 234 g/mol. The summed E-state index contributed by atoms with van der Waals surface area (Å²) in [6, 6.07) is 3.70. The number of Topliss-reactive ketones (excluding diaryl/α,β-unsaturated/α-hetero) is 1. The van der Waals surface area contributed by atoms with Crippen LogP contribution >= 0.6 is 22.9 Å². The van der Waals surface area contributed by atoms with Gasteiger partial charge in [0.05, 0.1) is 17.5 Å². The van der Waals surface area contributed by atoms with Gasteiger partial charge in [-0.25, -0.2) is 0 Å². The Labute approximate surface area is 98.4 Å². The molecule has 1 heterocycles. The molecule has 5 heteroatoms. The lowest BCUT2D eigenvalue weighted by molar-refractivity contribution is -0.117. The second kappa shape index (κ2) is 6.95. The molecule has 0 aliphatic heterocycles. The van der Waals surface area contributed by atoms with Crippen molar-refractivity contribution < 1.29 is 9.53 Å². The van der Waals surface area contributed by atoms with E-state index in [1.54, 1.807) is 7.11 Å². The second-order valence-corrected chi connectivity index (χ2v) is 4.89. The van der Waals surface area contributed by atoms with Crippen LogP contribution < -0.4 is 5.32 Å². The summed E-state index contributed by atoms with van der Waals surface area (Å²) in [5.74, 6) is 0.171. The number of nitrogens with one attached hydrogen (secondary N) is 1. The lowest BCUT2D eigenvalue weighted by Gasteiger charge is -2.02. The van der Waals surface area contributed by atoms with Crippen LogP contribution in [-0.4, -0.2) is 32.6 Å². The summed E-state index contributed by atoms with van der Waals surface area (Å²) in [5, 5.41) is 3.01. The standard InChI is InChI=1S/C10H14ClNO2S/c1-14-5-4-12-7-8(13)6-9-2-3-10(11)15-9/h2-3,12H,4-7H2,1H3. The summed E-state index contributed by atoms with van der Waals surface area (Å²) in [4.78, 5) is 12.5. The zero-order chi connectivity index (χ0) is 11.1. The van der Waals surface area contributed by atoms with Crippen LogP contribution in [0.3, 0.4) is 0 Å². The Hall–Kier alpha value is -0.420. The summed E-state index contributed by atoms with van der Waals surface area (Å²) in [5.41, 5.74) is 0. The van der Waals surface area contributed by atoms with Gasteiger partial charge in [-0.05, 0) is 12.1 Å². The van der Waals surface area contributed by atoms with Crippen LogP contribution in [0.1, 0.15) is 4.88 Å². The van der Waals surface area contributed by atoms with E-state index in [1.807, 2.05) is 12.1 Å². The molecule has 0 spiro atoms. The number of halogens is 1. The van der Waals surface area contributed by atoms with Gasteiger partial charge >= 0.3 is 0 Å². The summed E-state index contributed by atoms with van der Waals surface area (Å²) in [7, 11) is 1.64. The van der Waals surface area contributed by atoms with Gasteiger partial charge in [0.25, 0.3) is 0 Å². The number of thiophene rings is 1. The highest BCUT2D eigenvalue weighted by atomic mass is 35.5. The van der Waals surface area contributed by atoms with Crippen LogP contribution in [0.4, 0.5) is 0 Å². The maximum atomic E-state index is 11.4. The van der Waals surface area contributed by atoms with E-state index in [0.717, 1.165) is 9.21 Å². The van der Waals surface area contributed by atoms with Gasteiger partial charge in [-0.3, -0.25) is 4.79 Å². The predicted octanol–water partition coefficient (Wildman–Crippen LogP) is 1.75. The summed E-state index contributed by atoms with van der Waals surface area (Å²) in [6.07, 6.45) is 0.456. The van der Waals surface area contributed by atoms with Crippen molar-refractivity contribution in [2.45, 2.75) is 6.42 Å². The topological polar surface area (TPSA) is 38.3 Å². The minimum Gasteiger partial charge on any atom is -0.383 e. The third-order valence-electron chi connectivity index (χ3n) is 1.81. The molecule has 0 saturated heterocycles. The Morgan fingerprint density at radius 2 is 2.40 bits per heavy atom. The molecule has 0 aliphatic rings. The number of rotatable bonds is 7. The summed E-state index contributed by atoms with van der Waals surface area (Å²) < 4.78 is 5.58. The van der Waals surface area contributed by atoms with Crippen LogP contribution in [0, 0.1) is 0 Å². The molecule has 1 aromatic heterocycles. The minimum absolute atomic E-state index is 0.171. The van der Waals surface area contributed by atoms with Crippen molar-refractivity contribution in [3.63, 3.8) is 0 Å². The number of hydrogen-bond acceptors (Lipinski definition) is 4. The van der Waals surface area contributed by atoms with Gasteiger partial charge < -0.3 is 10.1 Å². The van der Waals surface area contributed by atoms with Crippen molar-refractivity contribution in [2.75, 3.05) is 26.8 Å². The fourth-order valence-electron chi connectivity index (χ4n) is 1.11. The lowest BCUT2D eigenvalue weighted by Crippen LogP contribution is -2.27. The second-order valence-electron chi connectivity index (χ2n) is 3.09. The van der Waals surface area contributed by atoms with Crippen LogP contribution in [0.2, 0.25) is 4.34 Å². The third kappa shape index (κ3) is 5.28. The van der Waals surface area contributed by atoms with Gasteiger partial charge in [-0.1, -0.05) is 11.6 Å². The van der Waals surface area contributed by atoms with Gasteiger partial charge in [-0.15, -0.1) is 11.3 Å². The van der Waals surface area contributed by atoms with Crippen LogP contribution in [-0.2, 0) is 16.0 Å². The first-order valence-corrected chi connectivity index (χ1v) is 5.87. The Morgan fingerprint density at radius 1 is 1.60 bits per heavy atom.